The van der Waals surface area contributed by atoms with Gasteiger partial charge >= 0.3 is 12.0 Å². The summed E-state index contributed by atoms with van der Waals surface area (Å²) in [5, 5.41) is 7.74. The number of hydrogen-bond acceptors (Lipinski definition) is 4. The highest BCUT2D eigenvalue weighted by Gasteiger charge is 2.24. The van der Waals surface area contributed by atoms with E-state index >= 15 is 0 Å². The van der Waals surface area contributed by atoms with Gasteiger partial charge in [0, 0.05) is 0 Å². The first kappa shape index (κ1) is 12.8. The first-order valence-corrected chi connectivity index (χ1v) is 5.23. The van der Waals surface area contributed by atoms with Crippen molar-refractivity contribution >= 4 is 11.7 Å². The van der Waals surface area contributed by atoms with Gasteiger partial charge in [0.25, 0.3) is 0 Å². The third-order valence-corrected chi connectivity index (χ3v) is 1.91. The van der Waals surface area contributed by atoms with Crippen molar-refractivity contribution in [3.8, 4) is 0 Å². The van der Waals surface area contributed by atoms with E-state index in [0.29, 0.717) is 5.69 Å². The molecule has 88 valence electrons. The van der Waals surface area contributed by atoms with E-state index < -0.39 is 12.0 Å². The van der Waals surface area contributed by atoms with Crippen LogP contribution in [0.3, 0.4) is 0 Å². The Labute approximate surface area is 99.9 Å². The van der Waals surface area contributed by atoms with Gasteiger partial charge in [-0.2, -0.15) is 10.2 Å². The van der Waals surface area contributed by atoms with E-state index in [0.717, 1.165) is 0 Å². The maximum absolute atomic E-state index is 11.3. The highest BCUT2D eigenvalue weighted by atomic mass is 16.5. The molecule has 0 N–H and O–H groups in total. The lowest BCUT2D eigenvalue weighted by atomic mass is 10.3. The molecule has 0 spiro atoms. The molecule has 1 aromatic carbocycles. The summed E-state index contributed by atoms with van der Waals surface area (Å²) in [5.41, 5.74) is 0.695. The van der Waals surface area contributed by atoms with Crippen molar-refractivity contribution in [2.24, 2.45) is 10.2 Å². The Morgan fingerprint density at radius 2 is 2.18 bits per heavy atom. The molecule has 1 atom stereocenters. The third-order valence-electron chi connectivity index (χ3n) is 1.91. The van der Waals surface area contributed by atoms with Crippen LogP contribution in [0.15, 0.2) is 40.6 Å². The summed E-state index contributed by atoms with van der Waals surface area (Å²) in [6.07, 6.45) is 0. The largest absolute Gasteiger partial charge is 0.460 e. The highest BCUT2D eigenvalue weighted by molar-refractivity contribution is 5.77. The lowest BCUT2D eigenvalue weighted by molar-refractivity contribution is -0.143. The Morgan fingerprint density at radius 1 is 1.47 bits per heavy atom. The summed E-state index contributed by atoms with van der Waals surface area (Å²) in [4.78, 5) is 14.4. The minimum Gasteiger partial charge on any atom is -0.460 e. The van der Waals surface area contributed by atoms with E-state index in [4.69, 9.17) is 11.3 Å². The highest BCUT2D eigenvalue weighted by Crippen LogP contribution is 2.10. The summed E-state index contributed by atoms with van der Waals surface area (Å²) in [5.74, 6) is -0.547. The maximum Gasteiger partial charge on any atom is 0.392 e. The van der Waals surface area contributed by atoms with Crippen LogP contribution in [-0.2, 0) is 9.53 Å². The van der Waals surface area contributed by atoms with Gasteiger partial charge in [-0.05, 0) is 19.1 Å². The number of ether oxygens (including phenoxy) is 1. The number of nitrogens with zero attached hydrogens (tertiary/aromatic N) is 3. The Kier molecular flexibility index (Phi) is 5.38. The van der Waals surface area contributed by atoms with Gasteiger partial charge in [-0.25, -0.2) is 11.4 Å². The van der Waals surface area contributed by atoms with Crippen molar-refractivity contribution in [2.45, 2.75) is 13.0 Å². The minimum absolute atomic E-state index is 0.0250. The van der Waals surface area contributed by atoms with Crippen molar-refractivity contribution in [2.75, 3.05) is 13.2 Å². The van der Waals surface area contributed by atoms with Crippen LogP contribution in [0, 0.1) is 6.57 Å². The van der Waals surface area contributed by atoms with E-state index in [-0.39, 0.29) is 13.2 Å². The fourth-order valence-corrected chi connectivity index (χ4v) is 1.10. The van der Waals surface area contributed by atoms with E-state index in [1.165, 1.54) is 0 Å². The van der Waals surface area contributed by atoms with Gasteiger partial charge in [0.15, 0.2) is 0 Å². The molecule has 0 amide bonds. The van der Waals surface area contributed by atoms with Crippen LogP contribution < -0.4 is 0 Å². The molecule has 1 rings (SSSR count). The molecule has 5 nitrogen and oxygen atoms in total. The molecule has 0 fully saturated rings. The molecule has 0 heterocycles. The molecule has 0 aliphatic heterocycles. The number of rotatable bonds is 5. The number of benzene rings is 1. The molecule has 0 saturated heterocycles. The smallest absolute Gasteiger partial charge is 0.392 e. The Hall–Kier alpha value is -2.22. The molecule has 1 unspecified atom stereocenters. The molecule has 1 aromatic rings. The Morgan fingerprint density at radius 3 is 2.76 bits per heavy atom. The first-order valence-electron chi connectivity index (χ1n) is 5.23. The van der Waals surface area contributed by atoms with Crippen LogP contribution in [0.2, 0.25) is 0 Å². The molecule has 0 aliphatic carbocycles. The quantitative estimate of drug-likeness (QED) is 0.444. The lowest BCUT2D eigenvalue weighted by Crippen LogP contribution is -2.22. The molecule has 0 aliphatic rings. The number of azo groups is 1. The van der Waals surface area contributed by atoms with Gasteiger partial charge < -0.3 is 4.74 Å². The summed E-state index contributed by atoms with van der Waals surface area (Å²) in [6, 6.07) is 8.24. The Balaban J connectivity index is 2.51. The van der Waals surface area contributed by atoms with Crippen molar-refractivity contribution in [3.05, 3.63) is 41.7 Å². The Bertz CT molecular complexity index is 423. The minimum atomic E-state index is -0.901. The zero-order valence-corrected chi connectivity index (χ0v) is 9.54. The van der Waals surface area contributed by atoms with Gasteiger partial charge in [-0.1, -0.05) is 18.2 Å². The SMILES string of the molecule is [C-]#[N+]C(CN=Nc1ccccc1)C(=O)OCC. The zero-order chi connectivity index (χ0) is 12.5. The topological polar surface area (TPSA) is 55.4 Å². The van der Waals surface area contributed by atoms with Gasteiger partial charge in [-0.15, -0.1) is 0 Å². The van der Waals surface area contributed by atoms with Crippen LogP contribution in [0.1, 0.15) is 6.92 Å². The zero-order valence-electron chi connectivity index (χ0n) is 9.54. The fraction of sp³-hybridized carbons (Fsp3) is 0.333. The van der Waals surface area contributed by atoms with Gasteiger partial charge in [-0.3, -0.25) is 4.85 Å². The van der Waals surface area contributed by atoms with Crippen LogP contribution >= 0.6 is 0 Å². The van der Waals surface area contributed by atoms with E-state index in [2.05, 4.69) is 15.1 Å². The fourth-order valence-electron chi connectivity index (χ4n) is 1.10. The van der Waals surface area contributed by atoms with Gasteiger partial charge in [0.2, 0.25) is 0 Å². The van der Waals surface area contributed by atoms with E-state index in [9.17, 15) is 4.79 Å². The summed E-state index contributed by atoms with van der Waals surface area (Å²) >= 11 is 0. The van der Waals surface area contributed by atoms with Crippen molar-refractivity contribution in [1.29, 1.82) is 0 Å². The predicted molar refractivity (Wildman–Crippen MR) is 62.8 cm³/mol. The van der Waals surface area contributed by atoms with Crippen molar-refractivity contribution < 1.29 is 9.53 Å². The standard InChI is InChI=1S/C12H13N3O2/c1-3-17-12(16)11(13-2)9-14-15-10-7-5-4-6-8-10/h4-8,11H,3,9H2,1H3. The number of hydrogen-bond donors (Lipinski definition) is 0. The van der Waals surface area contributed by atoms with Crippen LogP contribution in [0.5, 0.6) is 0 Å². The van der Waals surface area contributed by atoms with E-state index in [1.54, 1.807) is 19.1 Å². The third kappa shape index (κ3) is 4.43. The number of carbonyl (C=O) groups is 1. The lowest BCUT2D eigenvalue weighted by Gasteiger charge is -2.01. The molecular weight excluding hydrogens is 218 g/mol. The van der Waals surface area contributed by atoms with Crippen LogP contribution in [-0.4, -0.2) is 25.2 Å². The average molecular weight is 231 g/mol. The number of carbonyl (C=O) groups excluding carboxylic acids is 1. The molecule has 0 bridgehead atoms. The molecular formula is C12H13N3O2. The molecule has 5 heteroatoms. The van der Waals surface area contributed by atoms with Crippen LogP contribution in [0.4, 0.5) is 5.69 Å². The van der Waals surface area contributed by atoms with Gasteiger partial charge in [0.1, 0.15) is 6.54 Å². The molecule has 0 radical (unpaired) electrons. The second-order valence-electron chi connectivity index (χ2n) is 3.16. The molecule has 17 heavy (non-hydrogen) atoms. The van der Waals surface area contributed by atoms with Crippen molar-refractivity contribution in [1.82, 2.24) is 0 Å². The maximum atomic E-state index is 11.3. The van der Waals surface area contributed by atoms with Gasteiger partial charge in [0.05, 0.1) is 12.3 Å². The monoisotopic (exact) mass is 231 g/mol. The summed E-state index contributed by atoms with van der Waals surface area (Å²) in [7, 11) is 0. The number of esters is 1. The van der Waals surface area contributed by atoms with Crippen molar-refractivity contribution in [3.63, 3.8) is 0 Å². The molecule has 0 aromatic heterocycles. The second-order valence-corrected chi connectivity index (χ2v) is 3.16. The normalized spacial score (nSPS) is 12.0. The summed E-state index contributed by atoms with van der Waals surface area (Å²) in [6.45, 7) is 8.86. The predicted octanol–water partition coefficient (Wildman–Crippen LogP) is 2.62. The average Bonchev–Trinajstić information content (AvgIpc) is 2.36. The second kappa shape index (κ2) is 7.12. The summed E-state index contributed by atoms with van der Waals surface area (Å²) < 4.78 is 4.74. The first-order chi connectivity index (χ1) is 8.27. The van der Waals surface area contributed by atoms with E-state index in [1.807, 2.05) is 18.2 Å². The molecule has 0 saturated carbocycles. The van der Waals surface area contributed by atoms with Crippen LogP contribution in [0.25, 0.3) is 4.85 Å².